The number of thioether (sulfide) groups is 1. The van der Waals surface area contributed by atoms with E-state index in [0.29, 0.717) is 16.6 Å². The van der Waals surface area contributed by atoms with Crippen molar-refractivity contribution in [3.8, 4) is 11.8 Å². The molecule has 7 heteroatoms. The van der Waals surface area contributed by atoms with E-state index in [1.807, 2.05) is 6.07 Å². The van der Waals surface area contributed by atoms with Gasteiger partial charge in [-0.3, -0.25) is 9.79 Å². The molecule has 1 aromatic carbocycles. The second-order valence-electron chi connectivity index (χ2n) is 4.00. The van der Waals surface area contributed by atoms with Gasteiger partial charge in [0, 0.05) is 12.0 Å². The van der Waals surface area contributed by atoms with Crippen LogP contribution >= 0.6 is 11.8 Å². The number of carbonyl (C=O) groups excluding carboxylic acids is 1. The summed E-state index contributed by atoms with van der Waals surface area (Å²) in [4.78, 5) is 16.2. The molecule has 1 aliphatic rings. The normalized spacial score (nSPS) is 14.1. The number of benzene rings is 1. The van der Waals surface area contributed by atoms with Gasteiger partial charge in [0.1, 0.15) is 17.4 Å². The number of anilines is 1. The van der Waals surface area contributed by atoms with E-state index in [1.165, 1.54) is 13.3 Å². The highest BCUT2D eigenvalue weighted by molar-refractivity contribution is 8.14. The van der Waals surface area contributed by atoms with Gasteiger partial charge in [-0.05, 0) is 12.1 Å². The van der Waals surface area contributed by atoms with Crippen molar-refractivity contribution >= 4 is 28.5 Å². The maximum atomic E-state index is 12.1. The molecule has 2 rings (SSSR count). The molecule has 0 saturated carbocycles. The zero-order valence-corrected chi connectivity index (χ0v) is 12.2. The Morgan fingerprint density at radius 3 is 3.00 bits per heavy atom. The Bertz CT molecular complexity index is 634. The Kier molecular flexibility index (Phi) is 5.23. The fraction of sp³-hybridized carbons (Fsp3) is 0.214. The van der Waals surface area contributed by atoms with Gasteiger partial charge in [0.05, 0.1) is 19.3 Å². The van der Waals surface area contributed by atoms with Gasteiger partial charge in [0.25, 0.3) is 5.91 Å². The van der Waals surface area contributed by atoms with Crippen LogP contribution in [0.1, 0.15) is 0 Å². The average molecular weight is 302 g/mol. The summed E-state index contributed by atoms with van der Waals surface area (Å²) >= 11 is 1.55. The van der Waals surface area contributed by atoms with E-state index >= 15 is 0 Å². The largest absolute Gasteiger partial charge is 0.495 e. The van der Waals surface area contributed by atoms with E-state index in [9.17, 15) is 4.79 Å². The molecule has 21 heavy (non-hydrogen) atoms. The number of hydrogen-bond donors (Lipinski definition) is 2. The Hall–Kier alpha value is -2.46. The van der Waals surface area contributed by atoms with Crippen molar-refractivity contribution in [2.24, 2.45) is 4.99 Å². The number of methoxy groups -OCH3 is 1. The van der Waals surface area contributed by atoms with Crippen LogP contribution in [0.3, 0.4) is 0 Å². The molecule has 1 aliphatic heterocycles. The topological polar surface area (TPSA) is 86.5 Å². The Labute approximate surface area is 126 Å². The first-order valence-corrected chi connectivity index (χ1v) is 7.21. The van der Waals surface area contributed by atoms with Crippen molar-refractivity contribution in [2.45, 2.75) is 0 Å². The lowest BCUT2D eigenvalue weighted by Gasteiger charge is -2.09. The van der Waals surface area contributed by atoms with Gasteiger partial charge in [-0.15, -0.1) is 0 Å². The van der Waals surface area contributed by atoms with E-state index in [2.05, 4.69) is 15.6 Å². The molecular formula is C14H14N4O2S. The first kappa shape index (κ1) is 14.9. The molecule has 1 amide bonds. The SMILES string of the molecule is COc1ccccc1NC(=O)/C(C#N)=C\NC1=NCCS1. The van der Waals surface area contributed by atoms with E-state index in [1.54, 1.807) is 36.0 Å². The number of para-hydroxylation sites is 2. The molecule has 0 aliphatic carbocycles. The van der Waals surface area contributed by atoms with Crippen molar-refractivity contribution in [3.05, 3.63) is 36.0 Å². The highest BCUT2D eigenvalue weighted by Crippen LogP contribution is 2.23. The van der Waals surface area contributed by atoms with Crippen molar-refractivity contribution in [2.75, 3.05) is 24.7 Å². The predicted octanol–water partition coefficient (Wildman–Crippen LogP) is 1.73. The summed E-state index contributed by atoms with van der Waals surface area (Å²) in [6.45, 7) is 0.746. The zero-order valence-electron chi connectivity index (χ0n) is 11.4. The predicted molar refractivity (Wildman–Crippen MR) is 83.2 cm³/mol. The lowest BCUT2D eigenvalue weighted by atomic mass is 10.2. The van der Waals surface area contributed by atoms with Gasteiger partial charge in [0.2, 0.25) is 0 Å². The highest BCUT2D eigenvalue weighted by Gasteiger charge is 2.13. The number of carbonyl (C=O) groups is 1. The van der Waals surface area contributed by atoms with E-state index in [-0.39, 0.29) is 5.57 Å². The van der Waals surface area contributed by atoms with E-state index < -0.39 is 5.91 Å². The van der Waals surface area contributed by atoms with Crippen LogP contribution in [-0.2, 0) is 4.79 Å². The van der Waals surface area contributed by atoms with E-state index in [0.717, 1.165) is 12.3 Å². The van der Waals surface area contributed by atoms with Crippen LogP contribution in [0.15, 0.2) is 41.0 Å². The molecule has 0 aromatic heterocycles. The standard InChI is InChI=1S/C14H14N4O2S/c1-20-12-5-3-2-4-11(12)18-13(19)10(8-15)9-17-14-16-6-7-21-14/h2-5,9H,6-7H2,1H3,(H,16,17)(H,18,19)/b10-9-. The minimum absolute atomic E-state index is 0.0314. The Balaban J connectivity index is 2.06. The number of rotatable bonds is 4. The van der Waals surface area contributed by atoms with Crippen LogP contribution in [0.25, 0.3) is 0 Å². The van der Waals surface area contributed by atoms with Gasteiger partial charge in [-0.25, -0.2) is 0 Å². The molecule has 108 valence electrons. The number of nitrogens with zero attached hydrogens (tertiary/aromatic N) is 2. The lowest BCUT2D eigenvalue weighted by molar-refractivity contribution is -0.112. The fourth-order valence-electron chi connectivity index (χ4n) is 1.64. The lowest BCUT2D eigenvalue weighted by Crippen LogP contribution is -2.18. The van der Waals surface area contributed by atoms with Crippen molar-refractivity contribution in [3.63, 3.8) is 0 Å². The van der Waals surface area contributed by atoms with Crippen molar-refractivity contribution in [1.29, 1.82) is 5.26 Å². The fourth-order valence-corrected chi connectivity index (χ4v) is 2.34. The first-order chi connectivity index (χ1) is 10.2. The van der Waals surface area contributed by atoms with Crippen LogP contribution in [0, 0.1) is 11.3 Å². The van der Waals surface area contributed by atoms with Crippen LogP contribution in [0.4, 0.5) is 5.69 Å². The minimum atomic E-state index is -0.502. The number of ether oxygens (including phenoxy) is 1. The average Bonchev–Trinajstić information content (AvgIpc) is 3.02. The van der Waals surface area contributed by atoms with Gasteiger partial charge in [-0.2, -0.15) is 5.26 Å². The van der Waals surface area contributed by atoms with Crippen molar-refractivity contribution < 1.29 is 9.53 Å². The molecule has 6 nitrogen and oxygen atoms in total. The monoisotopic (exact) mass is 302 g/mol. The zero-order chi connectivity index (χ0) is 15.1. The highest BCUT2D eigenvalue weighted by atomic mass is 32.2. The summed E-state index contributed by atoms with van der Waals surface area (Å²) in [6.07, 6.45) is 1.36. The summed E-state index contributed by atoms with van der Waals surface area (Å²) in [7, 11) is 1.52. The summed E-state index contributed by atoms with van der Waals surface area (Å²) in [5, 5.41) is 15.3. The quantitative estimate of drug-likeness (QED) is 0.653. The maximum Gasteiger partial charge on any atom is 0.267 e. The van der Waals surface area contributed by atoms with Crippen LogP contribution < -0.4 is 15.4 Å². The number of amides is 1. The summed E-state index contributed by atoms with van der Waals surface area (Å²) in [5.74, 6) is 0.941. The van der Waals surface area contributed by atoms with Crippen LogP contribution in [0.2, 0.25) is 0 Å². The van der Waals surface area contributed by atoms with Gasteiger partial charge >= 0.3 is 0 Å². The number of hydrogen-bond acceptors (Lipinski definition) is 6. The number of aliphatic imine (C=N–C) groups is 1. The smallest absolute Gasteiger partial charge is 0.267 e. The van der Waals surface area contributed by atoms with Gasteiger partial charge in [-0.1, -0.05) is 23.9 Å². The summed E-state index contributed by atoms with van der Waals surface area (Å²) < 4.78 is 5.15. The van der Waals surface area contributed by atoms with Crippen molar-refractivity contribution in [1.82, 2.24) is 5.32 Å². The molecule has 0 radical (unpaired) electrons. The molecular weight excluding hydrogens is 288 g/mol. The second-order valence-corrected chi connectivity index (χ2v) is 5.09. The molecule has 0 atom stereocenters. The molecule has 0 fully saturated rings. The van der Waals surface area contributed by atoms with Crippen LogP contribution in [0.5, 0.6) is 5.75 Å². The molecule has 2 N–H and O–H groups in total. The molecule has 0 bridgehead atoms. The van der Waals surface area contributed by atoms with Crippen LogP contribution in [-0.4, -0.2) is 30.5 Å². The Morgan fingerprint density at radius 2 is 2.33 bits per heavy atom. The molecule has 1 heterocycles. The number of nitriles is 1. The molecule has 0 unspecified atom stereocenters. The first-order valence-electron chi connectivity index (χ1n) is 6.23. The minimum Gasteiger partial charge on any atom is -0.495 e. The second kappa shape index (κ2) is 7.36. The summed E-state index contributed by atoms with van der Waals surface area (Å²) in [5.41, 5.74) is 0.481. The number of nitrogens with one attached hydrogen (secondary N) is 2. The van der Waals surface area contributed by atoms with Gasteiger partial charge in [0.15, 0.2) is 5.17 Å². The van der Waals surface area contributed by atoms with Gasteiger partial charge < -0.3 is 15.4 Å². The third-order valence-electron chi connectivity index (χ3n) is 2.65. The molecule has 1 aromatic rings. The molecule has 0 saturated heterocycles. The maximum absolute atomic E-state index is 12.1. The molecule has 0 spiro atoms. The third kappa shape index (κ3) is 4.00. The Morgan fingerprint density at radius 1 is 1.52 bits per heavy atom. The number of amidine groups is 1. The third-order valence-corrected chi connectivity index (χ3v) is 3.55. The summed E-state index contributed by atoms with van der Waals surface area (Å²) in [6, 6.07) is 8.87. The van der Waals surface area contributed by atoms with E-state index in [4.69, 9.17) is 10.00 Å².